The summed E-state index contributed by atoms with van der Waals surface area (Å²) in [4.78, 5) is 27.3. The number of halogens is 2. The van der Waals surface area contributed by atoms with Crippen LogP contribution in [0.2, 0.25) is 5.02 Å². The van der Waals surface area contributed by atoms with Crippen molar-refractivity contribution in [3.8, 4) is 5.75 Å². The number of rotatable bonds is 7. The lowest BCUT2D eigenvalue weighted by Gasteiger charge is -2.31. The molecule has 162 valence electrons. The van der Waals surface area contributed by atoms with Crippen LogP contribution in [-0.2, 0) is 16.1 Å². The van der Waals surface area contributed by atoms with Crippen molar-refractivity contribution in [1.82, 2.24) is 10.2 Å². The normalized spacial score (nSPS) is 12.2. The number of ether oxygens (including phenoxy) is 1. The van der Waals surface area contributed by atoms with Crippen LogP contribution < -0.4 is 10.1 Å². The molecule has 2 aromatic carbocycles. The standard InChI is InChI=1S/C23H28BrClN2O3/c1-15-11-19(9-10-20(15)24)30-14-21(28)27(13-17-7-6-8-18(25)12-17)16(2)22(29)26-23(3,4)5/h6-12,16H,13-14H2,1-5H3,(H,26,29)/t16-/m0/s1. The second kappa shape index (κ2) is 10.3. The molecule has 0 unspecified atom stereocenters. The SMILES string of the molecule is Cc1cc(OCC(=O)N(Cc2cccc(Cl)c2)[C@@H](C)C(=O)NC(C)(C)C)ccc1Br. The Labute approximate surface area is 191 Å². The summed E-state index contributed by atoms with van der Waals surface area (Å²) in [6, 6.07) is 12.1. The van der Waals surface area contributed by atoms with Crippen molar-refractivity contribution in [3.63, 3.8) is 0 Å². The van der Waals surface area contributed by atoms with Crippen LogP contribution in [0.5, 0.6) is 5.75 Å². The number of hydrogen-bond donors (Lipinski definition) is 1. The van der Waals surface area contributed by atoms with Crippen LogP contribution in [0.3, 0.4) is 0 Å². The minimum absolute atomic E-state index is 0.172. The van der Waals surface area contributed by atoms with Gasteiger partial charge < -0.3 is 15.0 Å². The highest BCUT2D eigenvalue weighted by molar-refractivity contribution is 9.10. The number of nitrogens with zero attached hydrogens (tertiary/aromatic N) is 1. The van der Waals surface area contributed by atoms with Gasteiger partial charge in [0.05, 0.1) is 0 Å². The number of hydrogen-bond acceptors (Lipinski definition) is 3. The van der Waals surface area contributed by atoms with E-state index in [4.69, 9.17) is 16.3 Å². The summed E-state index contributed by atoms with van der Waals surface area (Å²) >= 11 is 9.54. The first-order valence-corrected chi connectivity index (χ1v) is 10.9. The van der Waals surface area contributed by atoms with Crippen molar-refractivity contribution < 1.29 is 14.3 Å². The summed E-state index contributed by atoms with van der Waals surface area (Å²) in [5.41, 5.74) is 1.45. The van der Waals surface area contributed by atoms with Crippen LogP contribution in [0.4, 0.5) is 0 Å². The molecule has 0 aliphatic rings. The Morgan fingerprint density at radius 2 is 1.90 bits per heavy atom. The number of carbonyl (C=O) groups is 2. The van der Waals surface area contributed by atoms with Gasteiger partial charge in [-0.3, -0.25) is 9.59 Å². The molecule has 1 N–H and O–H groups in total. The minimum Gasteiger partial charge on any atom is -0.484 e. The average molecular weight is 496 g/mol. The number of nitrogens with one attached hydrogen (secondary N) is 1. The van der Waals surface area contributed by atoms with E-state index in [2.05, 4.69) is 21.2 Å². The van der Waals surface area contributed by atoms with Crippen LogP contribution >= 0.6 is 27.5 Å². The first-order valence-electron chi connectivity index (χ1n) is 9.71. The van der Waals surface area contributed by atoms with Gasteiger partial charge in [0.25, 0.3) is 5.91 Å². The summed E-state index contributed by atoms with van der Waals surface area (Å²) in [6.07, 6.45) is 0. The van der Waals surface area contributed by atoms with Gasteiger partial charge in [-0.05, 0) is 76.1 Å². The predicted octanol–water partition coefficient (Wildman–Crippen LogP) is 5.12. The first-order chi connectivity index (χ1) is 14.0. The third kappa shape index (κ3) is 7.33. The Bertz CT molecular complexity index is 912. The van der Waals surface area contributed by atoms with E-state index >= 15 is 0 Å². The number of aryl methyl sites for hydroxylation is 1. The topological polar surface area (TPSA) is 58.6 Å². The highest BCUT2D eigenvalue weighted by Gasteiger charge is 2.28. The molecule has 0 saturated heterocycles. The van der Waals surface area contributed by atoms with Gasteiger partial charge in [0.2, 0.25) is 5.91 Å². The first kappa shape index (κ1) is 24.2. The van der Waals surface area contributed by atoms with E-state index in [1.165, 1.54) is 4.90 Å². The zero-order valence-electron chi connectivity index (χ0n) is 18.0. The third-order valence-corrected chi connectivity index (χ3v) is 5.52. The van der Waals surface area contributed by atoms with Gasteiger partial charge in [0, 0.05) is 21.6 Å². The van der Waals surface area contributed by atoms with Crippen LogP contribution in [0, 0.1) is 6.92 Å². The van der Waals surface area contributed by atoms with Crippen LogP contribution in [0.15, 0.2) is 46.9 Å². The highest BCUT2D eigenvalue weighted by atomic mass is 79.9. The van der Waals surface area contributed by atoms with Crippen LogP contribution in [-0.4, -0.2) is 34.9 Å². The Kier molecular flexibility index (Phi) is 8.33. The molecule has 0 aliphatic heterocycles. The maximum absolute atomic E-state index is 13.0. The second-order valence-corrected chi connectivity index (χ2v) is 9.56. The quantitative estimate of drug-likeness (QED) is 0.580. The number of amides is 2. The molecule has 2 aromatic rings. The highest BCUT2D eigenvalue weighted by Crippen LogP contribution is 2.22. The van der Waals surface area contributed by atoms with Crippen molar-refractivity contribution in [2.45, 2.75) is 52.7 Å². The molecule has 0 saturated carbocycles. The lowest BCUT2D eigenvalue weighted by atomic mass is 10.1. The molecular weight excluding hydrogens is 468 g/mol. The van der Waals surface area contributed by atoms with Gasteiger partial charge in [0.1, 0.15) is 11.8 Å². The van der Waals surface area contributed by atoms with Crippen molar-refractivity contribution in [2.24, 2.45) is 0 Å². The van der Waals surface area contributed by atoms with E-state index < -0.39 is 11.6 Å². The molecule has 30 heavy (non-hydrogen) atoms. The average Bonchev–Trinajstić information content (AvgIpc) is 2.65. The van der Waals surface area contributed by atoms with Gasteiger partial charge in [0.15, 0.2) is 6.61 Å². The molecule has 2 amide bonds. The zero-order chi connectivity index (χ0) is 22.5. The Balaban J connectivity index is 2.18. The maximum atomic E-state index is 13.0. The zero-order valence-corrected chi connectivity index (χ0v) is 20.3. The lowest BCUT2D eigenvalue weighted by Crippen LogP contribution is -2.53. The van der Waals surface area contributed by atoms with E-state index in [0.29, 0.717) is 10.8 Å². The fraction of sp³-hybridized carbons (Fsp3) is 0.391. The Morgan fingerprint density at radius 3 is 2.50 bits per heavy atom. The smallest absolute Gasteiger partial charge is 0.261 e. The molecule has 0 radical (unpaired) electrons. The number of carbonyl (C=O) groups excluding carboxylic acids is 2. The summed E-state index contributed by atoms with van der Waals surface area (Å²) < 4.78 is 6.68. The van der Waals surface area contributed by atoms with Crippen molar-refractivity contribution in [3.05, 3.63) is 63.1 Å². The summed E-state index contributed by atoms with van der Waals surface area (Å²) in [5.74, 6) is 0.0861. The lowest BCUT2D eigenvalue weighted by molar-refractivity contribution is -0.142. The van der Waals surface area contributed by atoms with Gasteiger partial charge in [-0.2, -0.15) is 0 Å². The molecule has 0 heterocycles. The third-order valence-electron chi connectivity index (χ3n) is 4.40. The van der Waals surface area contributed by atoms with Crippen LogP contribution in [0.1, 0.15) is 38.8 Å². The summed E-state index contributed by atoms with van der Waals surface area (Å²) in [7, 11) is 0. The largest absolute Gasteiger partial charge is 0.484 e. The van der Waals surface area contributed by atoms with Crippen molar-refractivity contribution >= 4 is 39.3 Å². The second-order valence-electron chi connectivity index (χ2n) is 8.27. The minimum atomic E-state index is -0.675. The molecule has 1 atom stereocenters. The molecule has 0 fully saturated rings. The molecule has 0 aliphatic carbocycles. The summed E-state index contributed by atoms with van der Waals surface area (Å²) in [6.45, 7) is 9.45. The molecular formula is C23H28BrClN2O3. The molecule has 0 aromatic heterocycles. The molecule has 2 rings (SSSR count). The van der Waals surface area contributed by atoms with E-state index in [-0.39, 0.29) is 25.0 Å². The van der Waals surface area contributed by atoms with Crippen LogP contribution in [0.25, 0.3) is 0 Å². The Hall–Kier alpha value is -2.05. The predicted molar refractivity (Wildman–Crippen MR) is 124 cm³/mol. The van der Waals surface area contributed by atoms with Crippen molar-refractivity contribution in [1.29, 1.82) is 0 Å². The van der Waals surface area contributed by atoms with Crippen molar-refractivity contribution in [2.75, 3.05) is 6.61 Å². The van der Waals surface area contributed by atoms with E-state index in [1.807, 2.05) is 52.0 Å². The maximum Gasteiger partial charge on any atom is 0.261 e. The van der Waals surface area contributed by atoms with Gasteiger partial charge in [-0.25, -0.2) is 0 Å². The molecule has 5 nitrogen and oxygen atoms in total. The van der Waals surface area contributed by atoms with Gasteiger partial charge >= 0.3 is 0 Å². The fourth-order valence-electron chi connectivity index (χ4n) is 2.82. The Morgan fingerprint density at radius 1 is 1.20 bits per heavy atom. The fourth-order valence-corrected chi connectivity index (χ4v) is 3.28. The van der Waals surface area contributed by atoms with Gasteiger partial charge in [-0.15, -0.1) is 0 Å². The molecule has 0 bridgehead atoms. The van der Waals surface area contributed by atoms with Gasteiger partial charge in [-0.1, -0.05) is 39.7 Å². The number of benzene rings is 2. The molecule has 7 heteroatoms. The molecule has 0 spiro atoms. The summed E-state index contributed by atoms with van der Waals surface area (Å²) in [5, 5.41) is 3.51. The van der Waals surface area contributed by atoms with E-state index in [0.717, 1.165) is 15.6 Å². The van der Waals surface area contributed by atoms with E-state index in [1.54, 1.807) is 25.1 Å². The van der Waals surface area contributed by atoms with E-state index in [9.17, 15) is 9.59 Å². The monoisotopic (exact) mass is 494 g/mol.